The Hall–Kier alpha value is -2.62. The van der Waals surface area contributed by atoms with Crippen LogP contribution in [-0.2, 0) is 9.47 Å². The summed E-state index contributed by atoms with van der Waals surface area (Å²) in [6.45, 7) is 8.94. The molecule has 0 heterocycles. The summed E-state index contributed by atoms with van der Waals surface area (Å²) in [5.74, 6) is -0.0275. The third kappa shape index (κ3) is 6.74. The molecule has 2 aromatic carbocycles. The van der Waals surface area contributed by atoms with E-state index >= 15 is 0 Å². The van der Waals surface area contributed by atoms with Crippen LogP contribution < -0.4 is 0 Å². The lowest BCUT2D eigenvalue weighted by atomic mass is 9.73. The van der Waals surface area contributed by atoms with E-state index in [1.165, 1.54) is 0 Å². The Balaban J connectivity index is 2.12. The SMILES string of the molecule is CC(C)CCC(COC(=O)c1ccccc1)(COC(=O)c1ccccc1)C(C)C. The number of esters is 2. The molecule has 156 valence electrons. The van der Waals surface area contributed by atoms with Crippen molar-refractivity contribution >= 4 is 11.9 Å². The molecule has 2 rings (SSSR count). The van der Waals surface area contributed by atoms with Crippen LogP contribution in [0.5, 0.6) is 0 Å². The molecule has 0 amide bonds. The van der Waals surface area contributed by atoms with Crippen LogP contribution in [0.25, 0.3) is 0 Å². The van der Waals surface area contributed by atoms with Gasteiger partial charge < -0.3 is 9.47 Å². The summed E-state index contributed by atoms with van der Waals surface area (Å²) in [7, 11) is 0. The maximum Gasteiger partial charge on any atom is 0.338 e. The summed E-state index contributed by atoms with van der Waals surface area (Å²) in [4.78, 5) is 25.0. The van der Waals surface area contributed by atoms with Crippen LogP contribution in [0.2, 0.25) is 0 Å². The van der Waals surface area contributed by atoms with Gasteiger partial charge in [-0.2, -0.15) is 0 Å². The van der Waals surface area contributed by atoms with Crippen molar-refractivity contribution in [2.45, 2.75) is 40.5 Å². The summed E-state index contributed by atoms with van der Waals surface area (Å²) in [6, 6.07) is 17.9. The summed E-state index contributed by atoms with van der Waals surface area (Å²) in [6.07, 6.45) is 1.77. The van der Waals surface area contributed by atoms with Crippen LogP contribution in [0.3, 0.4) is 0 Å². The average molecular weight is 397 g/mol. The van der Waals surface area contributed by atoms with Crippen molar-refractivity contribution in [3.8, 4) is 0 Å². The van der Waals surface area contributed by atoms with Crippen molar-refractivity contribution in [1.82, 2.24) is 0 Å². The quantitative estimate of drug-likeness (QED) is 0.478. The molecule has 0 aliphatic rings. The fraction of sp³-hybridized carbons (Fsp3) is 0.440. The number of carbonyl (C=O) groups is 2. The van der Waals surface area contributed by atoms with Crippen LogP contribution in [0, 0.1) is 17.3 Å². The summed E-state index contributed by atoms with van der Waals surface area (Å²) >= 11 is 0. The van der Waals surface area contributed by atoms with E-state index in [1.807, 2.05) is 36.4 Å². The van der Waals surface area contributed by atoms with E-state index in [9.17, 15) is 9.59 Å². The zero-order chi connectivity index (χ0) is 21.3. The molecule has 0 radical (unpaired) electrons. The number of hydrogen-bond acceptors (Lipinski definition) is 4. The van der Waals surface area contributed by atoms with Crippen molar-refractivity contribution in [2.75, 3.05) is 13.2 Å². The maximum atomic E-state index is 12.5. The molecule has 0 aliphatic carbocycles. The fourth-order valence-corrected chi connectivity index (χ4v) is 3.12. The van der Waals surface area contributed by atoms with E-state index in [4.69, 9.17) is 9.47 Å². The Morgan fingerprint density at radius 1 is 0.759 bits per heavy atom. The van der Waals surface area contributed by atoms with Gasteiger partial charge in [-0.3, -0.25) is 0 Å². The van der Waals surface area contributed by atoms with Crippen molar-refractivity contribution in [1.29, 1.82) is 0 Å². The standard InChI is InChI=1S/C25H32O4/c1-19(2)15-16-25(20(3)4,17-28-23(26)21-11-7-5-8-12-21)18-29-24(27)22-13-9-6-10-14-22/h5-14,19-20H,15-18H2,1-4H3. The molecule has 4 heteroatoms. The molecule has 0 saturated carbocycles. The molecule has 0 fully saturated rings. The van der Waals surface area contributed by atoms with Gasteiger partial charge in [0.1, 0.15) is 13.2 Å². The Morgan fingerprint density at radius 2 is 1.17 bits per heavy atom. The minimum absolute atomic E-state index is 0.174. The monoisotopic (exact) mass is 396 g/mol. The molecule has 0 unspecified atom stereocenters. The van der Waals surface area contributed by atoms with Gasteiger partial charge >= 0.3 is 11.9 Å². The van der Waals surface area contributed by atoms with E-state index in [1.54, 1.807) is 24.3 Å². The first kappa shape index (κ1) is 22.7. The molecule has 2 aromatic rings. The number of ether oxygens (including phenoxy) is 2. The predicted molar refractivity (Wildman–Crippen MR) is 115 cm³/mol. The van der Waals surface area contributed by atoms with Crippen LogP contribution in [0.4, 0.5) is 0 Å². The van der Waals surface area contributed by atoms with E-state index in [2.05, 4.69) is 27.7 Å². The van der Waals surface area contributed by atoms with Crippen molar-refractivity contribution in [3.63, 3.8) is 0 Å². The highest BCUT2D eigenvalue weighted by Crippen LogP contribution is 2.36. The minimum Gasteiger partial charge on any atom is -0.461 e. The van der Waals surface area contributed by atoms with Gasteiger partial charge in [0, 0.05) is 5.41 Å². The molecule has 0 spiro atoms. The topological polar surface area (TPSA) is 52.6 Å². The van der Waals surface area contributed by atoms with Gasteiger partial charge in [-0.1, -0.05) is 70.5 Å². The van der Waals surface area contributed by atoms with Crippen LogP contribution in [0.15, 0.2) is 60.7 Å². The Morgan fingerprint density at radius 3 is 1.52 bits per heavy atom. The number of benzene rings is 2. The molecule has 0 bridgehead atoms. The molecule has 29 heavy (non-hydrogen) atoms. The third-order valence-electron chi connectivity index (χ3n) is 5.44. The van der Waals surface area contributed by atoms with Crippen molar-refractivity contribution in [2.24, 2.45) is 17.3 Å². The Kier molecular flexibility index (Phi) is 8.44. The average Bonchev–Trinajstić information content (AvgIpc) is 2.73. The summed E-state index contributed by atoms with van der Waals surface area (Å²) < 4.78 is 11.4. The van der Waals surface area contributed by atoms with Crippen LogP contribution >= 0.6 is 0 Å². The number of hydrogen-bond donors (Lipinski definition) is 0. The Labute approximate surface area is 174 Å². The van der Waals surface area contributed by atoms with Crippen molar-refractivity contribution < 1.29 is 19.1 Å². The highest BCUT2D eigenvalue weighted by molar-refractivity contribution is 5.89. The minimum atomic E-state index is -0.431. The molecule has 0 atom stereocenters. The first-order valence-electron chi connectivity index (χ1n) is 10.3. The lowest BCUT2D eigenvalue weighted by molar-refractivity contribution is -0.0304. The van der Waals surface area contributed by atoms with Gasteiger partial charge in [0.25, 0.3) is 0 Å². The molecular weight excluding hydrogens is 364 g/mol. The second-order valence-corrected chi connectivity index (χ2v) is 8.33. The van der Waals surface area contributed by atoms with Gasteiger partial charge in [-0.25, -0.2) is 9.59 Å². The van der Waals surface area contributed by atoms with Gasteiger partial charge in [-0.05, 0) is 42.5 Å². The predicted octanol–water partition coefficient (Wildman–Crippen LogP) is 5.78. The molecular formula is C25H32O4. The summed E-state index contributed by atoms with van der Waals surface area (Å²) in [5, 5.41) is 0. The normalized spacial score (nSPS) is 11.5. The van der Waals surface area contributed by atoms with E-state index in [-0.39, 0.29) is 31.1 Å². The Bertz CT molecular complexity index is 710. The van der Waals surface area contributed by atoms with Crippen LogP contribution in [0.1, 0.15) is 61.3 Å². The fourth-order valence-electron chi connectivity index (χ4n) is 3.12. The lowest BCUT2D eigenvalue weighted by Gasteiger charge is -2.37. The van der Waals surface area contributed by atoms with Gasteiger partial charge in [0.15, 0.2) is 0 Å². The summed E-state index contributed by atoms with van der Waals surface area (Å²) in [5.41, 5.74) is 0.615. The molecule has 0 saturated heterocycles. The van der Waals surface area contributed by atoms with Gasteiger partial charge in [-0.15, -0.1) is 0 Å². The first-order valence-corrected chi connectivity index (χ1v) is 10.3. The first-order chi connectivity index (χ1) is 13.8. The largest absolute Gasteiger partial charge is 0.461 e. The van der Waals surface area contributed by atoms with Gasteiger partial charge in [0.05, 0.1) is 11.1 Å². The highest BCUT2D eigenvalue weighted by Gasteiger charge is 2.37. The highest BCUT2D eigenvalue weighted by atomic mass is 16.5. The zero-order valence-corrected chi connectivity index (χ0v) is 17.9. The number of carbonyl (C=O) groups excluding carboxylic acids is 2. The molecule has 0 aliphatic heterocycles. The smallest absolute Gasteiger partial charge is 0.338 e. The number of rotatable bonds is 10. The molecule has 0 N–H and O–H groups in total. The molecule has 0 aromatic heterocycles. The maximum absolute atomic E-state index is 12.5. The van der Waals surface area contributed by atoms with Gasteiger partial charge in [0.2, 0.25) is 0 Å². The van der Waals surface area contributed by atoms with Crippen molar-refractivity contribution in [3.05, 3.63) is 71.8 Å². The van der Waals surface area contributed by atoms with Crippen LogP contribution in [-0.4, -0.2) is 25.2 Å². The second-order valence-electron chi connectivity index (χ2n) is 8.33. The second kappa shape index (κ2) is 10.8. The van der Waals surface area contributed by atoms with E-state index in [0.717, 1.165) is 12.8 Å². The van der Waals surface area contributed by atoms with E-state index < -0.39 is 5.41 Å². The third-order valence-corrected chi connectivity index (χ3v) is 5.44. The molecule has 4 nitrogen and oxygen atoms in total. The van der Waals surface area contributed by atoms with E-state index in [0.29, 0.717) is 17.0 Å². The lowest BCUT2D eigenvalue weighted by Crippen LogP contribution is -2.39. The zero-order valence-electron chi connectivity index (χ0n) is 17.9.